The number of ketones is 1. The molecule has 0 aromatic rings. The average molecular weight is 691 g/mol. The molecule has 3 saturated heterocycles. The molecule has 3 heterocycles. The average Bonchev–Trinajstić information content (AvgIpc) is 3.88. The van der Waals surface area contributed by atoms with E-state index in [9.17, 15) is 39.3 Å². The molecule has 49 heavy (non-hydrogen) atoms. The van der Waals surface area contributed by atoms with E-state index < -0.39 is 147 Å². The lowest BCUT2D eigenvalue weighted by atomic mass is 9.39. The van der Waals surface area contributed by atoms with Gasteiger partial charge in [0.1, 0.15) is 30.5 Å². The zero-order chi connectivity index (χ0) is 35.9. The fraction of sp³-hybridized carbons (Fsp3) is 0.857. The van der Waals surface area contributed by atoms with Crippen LogP contribution in [0.4, 0.5) is 0 Å². The maximum absolute atomic E-state index is 14.5. The third-order valence-electron chi connectivity index (χ3n) is 15.2. The maximum atomic E-state index is 14.5. The third kappa shape index (κ3) is 3.53. The minimum atomic E-state index is -2.96. The summed E-state index contributed by atoms with van der Waals surface area (Å²) in [5.74, 6) is -15.1. The molecule has 0 bridgehead atoms. The molecule has 8 aliphatic rings. The van der Waals surface area contributed by atoms with E-state index in [1.165, 1.54) is 27.7 Å². The summed E-state index contributed by atoms with van der Waals surface area (Å²) in [7, 11) is 0. The van der Waals surface area contributed by atoms with Crippen LogP contribution in [0.15, 0.2) is 0 Å². The van der Waals surface area contributed by atoms with Crippen molar-refractivity contribution in [2.45, 2.75) is 123 Å². The lowest BCUT2D eigenvalue weighted by Crippen LogP contribution is -2.76. The van der Waals surface area contributed by atoms with Crippen LogP contribution in [0.3, 0.4) is 0 Å². The Balaban J connectivity index is 1.40. The van der Waals surface area contributed by atoms with Crippen molar-refractivity contribution < 1.29 is 67.7 Å². The number of aliphatic hydroxyl groups is 3. The first-order valence-electron chi connectivity index (χ1n) is 17.4. The summed E-state index contributed by atoms with van der Waals surface area (Å²) in [5.41, 5.74) is -6.14. The van der Waals surface area contributed by atoms with Crippen molar-refractivity contribution in [2.24, 2.45) is 63.6 Å². The Morgan fingerprint density at radius 2 is 1.33 bits per heavy atom. The molecule has 8 rings (SSSR count). The predicted molar refractivity (Wildman–Crippen MR) is 160 cm³/mol. The highest BCUT2D eigenvalue weighted by atomic mass is 16.8. The van der Waals surface area contributed by atoms with Crippen LogP contribution in [0.25, 0.3) is 0 Å². The molecule has 1 spiro atoms. The minimum absolute atomic E-state index is 0.175. The zero-order valence-corrected chi connectivity index (χ0v) is 29.1. The number of fused-ring (bicyclic) bond motifs is 9. The van der Waals surface area contributed by atoms with Gasteiger partial charge < -0.3 is 43.7 Å². The molecule has 5 saturated carbocycles. The first kappa shape index (κ1) is 33.5. The lowest BCUT2D eigenvalue weighted by molar-refractivity contribution is -0.313. The van der Waals surface area contributed by atoms with Crippen LogP contribution < -0.4 is 0 Å². The van der Waals surface area contributed by atoms with Gasteiger partial charge in [-0.25, -0.2) is 4.79 Å². The molecule has 0 aromatic carbocycles. The SMILES string of the molecule is CC(=O)O[C@H]1[C@@H]2[C@H]([C@H](C)[C@@H]3O[C@]34OC(=O)[C@@](C)(O)[C@]24C)[C@]2(C)[C@@H]1C1[C@H]([C@H](C)[C@@H]2OC(C)=O)[C@]2(C)[C@H](C[C@@H]3O[C@@H]3[C@@H]2OC(C)=O)C(=O)C1(O)O. The number of ether oxygens (including phenoxy) is 6. The molecule has 3 aliphatic heterocycles. The standard InChI is InChI=1S/C35H46O14/c1-11-18-20(34(42,43)25(39)16-10-17-23(47-17)28(30(16,18)6)46-15(5)38)21-24(44-13(3)36)22-19(31(21,7)26(11)45-14(4)37)12(2)27-35(48-27)32(22,8)33(9,41)29(40)49-35/h11-12,16-24,26-28,41-43H,10H2,1-9H3/t11-,12-,16+,17-,18-,19-,20?,21+,22-,23-,24+,26-,27-,28-,30-,31+,32-,33+,35-/m0/s1. The summed E-state index contributed by atoms with van der Waals surface area (Å²) in [6, 6.07) is 0. The molecule has 8 fully saturated rings. The summed E-state index contributed by atoms with van der Waals surface area (Å²) in [4.78, 5) is 66.7. The summed E-state index contributed by atoms with van der Waals surface area (Å²) in [5, 5.41) is 36.5. The van der Waals surface area contributed by atoms with Gasteiger partial charge in [0, 0.05) is 55.3 Å². The van der Waals surface area contributed by atoms with Crippen LogP contribution in [-0.2, 0) is 52.4 Å². The van der Waals surface area contributed by atoms with Crippen molar-refractivity contribution in [2.75, 3.05) is 0 Å². The van der Waals surface area contributed by atoms with E-state index in [1.807, 2.05) is 20.8 Å². The highest BCUT2D eigenvalue weighted by Gasteiger charge is 2.93. The number of carbonyl (C=O) groups excluding carboxylic acids is 5. The smallest absolute Gasteiger partial charge is 0.341 e. The highest BCUT2D eigenvalue weighted by Crippen LogP contribution is 2.81. The number of epoxide rings is 2. The van der Waals surface area contributed by atoms with E-state index in [-0.39, 0.29) is 6.42 Å². The number of rotatable bonds is 3. The van der Waals surface area contributed by atoms with Crippen molar-refractivity contribution in [1.29, 1.82) is 0 Å². The molecule has 14 heteroatoms. The molecule has 19 atom stereocenters. The van der Waals surface area contributed by atoms with E-state index in [4.69, 9.17) is 28.4 Å². The Labute approximate surface area is 283 Å². The highest BCUT2D eigenvalue weighted by molar-refractivity contribution is 5.90. The van der Waals surface area contributed by atoms with Gasteiger partial charge in [-0.15, -0.1) is 0 Å². The molecule has 1 unspecified atom stereocenters. The van der Waals surface area contributed by atoms with E-state index >= 15 is 0 Å². The summed E-state index contributed by atoms with van der Waals surface area (Å²) >= 11 is 0. The quantitative estimate of drug-likeness (QED) is 0.161. The minimum Gasteiger partial charge on any atom is -0.462 e. The Morgan fingerprint density at radius 3 is 1.92 bits per heavy atom. The van der Waals surface area contributed by atoms with Crippen LogP contribution in [0.5, 0.6) is 0 Å². The zero-order valence-electron chi connectivity index (χ0n) is 29.1. The molecular weight excluding hydrogens is 644 g/mol. The van der Waals surface area contributed by atoms with E-state index in [0.29, 0.717) is 0 Å². The molecule has 0 amide bonds. The topological polar surface area (TPSA) is 208 Å². The van der Waals surface area contributed by atoms with Crippen molar-refractivity contribution in [1.82, 2.24) is 0 Å². The van der Waals surface area contributed by atoms with Gasteiger partial charge in [0.25, 0.3) is 0 Å². The van der Waals surface area contributed by atoms with Crippen molar-refractivity contribution in [3.8, 4) is 0 Å². The Bertz CT molecular complexity index is 1590. The maximum Gasteiger partial charge on any atom is 0.341 e. The van der Waals surface area contributed by atoms with Gasteiger partial charge in [-0.2, -0.15) is 0 Å². The third-order valence-corrected chi connectivity index (χ3v) is 15.2. The second kappa shape index (κ2) is 9.41. The molecule has 3 N–H and O–H groups in total. The fourth-order valence-electron chi connectivity index (χ4n) is 13.5. The molecular formula is C35H46O14. The molecule has 14 nitrogen and oxygen atoms in total. The predicted octanol–water partition coefficient (Wildman–Crippen LogP) is 0.648. The number of hydrogen-bond donors (Lipinski definition) is 3. The first-order valence-corrected chi connectivity index (χ1v) is 17.4. The summed E-state index contributed by atoms with van der Waals surface area (Å²) < 4.78 is 36.4. The second-order valence-electron chi connectivity index (χ2n) is 17.1. The van der Waals surface area contributed by atoms with Crippen molar-refractivity contribution in [3.05, 3.63) is 0 Å². The van der Waals surface area contributed by atoms with E-state index in [1.54, 1.807) is 13.8 Å². The van der Waals surface area contributed by atoms with Crippen LogP contribution in [-0.4, -0.2) is 98.8 Å². The van der Waals surface area contributed by atoms with Crippen molar-refractivity contribution >= 4 is 29.7 Å². The normalized spacial score (nSPS) is 58.2. The molecule has 5 aliphatic carbocycles. The van der Waals surface area contributed by atoms with E-state index in [2.05, 4.69) is 0 Å². The van der Waals surface area contributed by atoms with Crippen LogP contribution in [0.1, 0.15) is 68.7 Å². The molecule has 270 valence electrons. The van der Waals surface area contributed by atoms with Crippen LogP contribution in [0, 0.1) is 63.6 Å². The van der Waals surface area contributed by atoms with Crippen LogP contribution >= 0.6 is 0 Å². The number of esters is 4. The van der Waals surface area contributed by atoms with Gasteiger partial charge in [0.15, 0.2) is 11.4 Å². The number of Topliss-reactive ketones (excluding diaryl/α,β-unsaturated/α-hetero) is 1. The van der Waals surface area contributed by atoms with Gasteiger partial charge in [-0.1, -0.05) is 27.7 Å². The van der Waals surface area contributed by atoms with Gasteiger partial charge in [-0.3, -0.25) is 19.2 Å². The summed E-state index contributed by atoms with van der Waals surface area (Å²) in [6.07, 6.45) is -4.57. The lowest BCUT2D eigenvalue weighted by Gasteiger charge is -2.67. The second-order valence-corrected chi connectivity index (χ2v) is 17.1. The van der Waals surface area contributed by atoms with E-state index in [0.717, 1.165) is 0 Å². The van der Waals surface area contributed by atoms with Gasteiger partial charge in [0.2, 0.25) is 11.6 Å². The first-order chi connectivity index (χ1) is 22.6. The number of hydrogen-bond acceptors (Lipinski definition) is 14. The van der Waals surface area contributed by atoms with Crippen molar-refractivity contribution in [3.63, 3.8) is 0 Å². The Kier molecular flexibility index (Phi) is 6.43. The Hall–Kier alpha value is -2.65. The van der Waals surface area contributed by atoms with Gasteiger partial charge >= 0.3 is 23.9 Å². The molecule has 0 aromatic heterocycles. The Morgan fingerprint density at radius 1 is 0.755 bits per heavy atom. The summed E-state index contributed by atoms with van der Waals surface area (Å²) in [6.45, 7) is 14.1. The largest absolute Gasteiger partial charge is 0.462 e. The number of carbonyl (C=O) groups is 5. The van der Waals surface area contributed by atoms with Crippen LogP contribution in [0.2, 0.25) is 0 Å². The van der Waals surface area contributed by atoms with Gasteiger partial charge in [0.05, 0.1) is 11.5 Å². The monoisotopic (exact) mass is 690 g/mol. The fourth-order valence-corrected chi connectivity index (χ4v) is 13.5. The van der Waals surface area contributed by atoms with Gasteiger partial charge in [-0.05, 0) is 43.9 Å². The molecule has 0 radical (unpaired) electrons.